The number of hydrogen-bond acceptors (Lipinski definition) is 2. The van der Waals surface area contributed by atoms with Gasteiger partial charge in [0, 0.05) is 27.7 Å². The summed E-state index contributed by atoms with van der Waals surface area (Å²) in [5, 5.41) is 7.01. The molecule has 0 aliphatic heterocycles. The van der Waals surface area contributed by atoms with Crippen molar-refractivity contribution in [3.05, 3.63) is 71.8 Å². The Morgan fingerprint density at radius 2 is 1.23 bits per heavy atom. The van der Waals surface area contributed by atoms with Crippen LogP contribution in [0.1, 0.15) is 11.1 Å². The van der Waals surface area contributed by atoms with Gasteiger partial charge >= 0.3 is 0 Å². The molecule has 5 rings (SSSR count). The molecule has 26 heavy (non-hydrogen) atoms. The van der Waals surface area contributed by atoms with Crippen molar-refractivity contribution in [2.45, 2.75) is 13.8 Å². The Labute approximate surface area is 152 Å². The monoisotopic (exact) mass is 336 g/mol. The minimum absolute atomic E-state index is 0.809. The maximum atomic E-state index is 6.67. The molecule has 0 saturated heterocycles. The molecular weight excluding hydrogens is 316 g/mol. The van der Waals surface area contributed by atoms with Crippen LogP contribution in [0.25, 0.3) is 43.4 Å². The third-order valence-corrected chi connectivity index (χ3v) is 5.39. The van der Waals surface area contributed by atoms with Gasteiger partial charge in [0.05, 0.1) is 0 Å². The fourth-order valence-electron chi connectivity index (χ4n) is 4.29. The van der Waals surface area contributed by atoms with Crippen molar-refractivity contribution in [2.75, 3.05) is 11.5 Å². The van der Waals surface area contributed by atoms with Crippen molar-refractivity contribution in [2.24, 2.45) is 0 Å². The Balaban J connectivity index is 1.95. The fraction of sp³-hybridized carbons (Fsp3) is 0.0833. The average Bonchev–Trinajstić information content (AvgIpc) is 2.61. The molecule has 4 N–H and O–H groups in total. The Bertz CT molecular complexity index is 1290. The van der Waals surface area contributed by atoms with Crippen molar-refractivity contribution in [1.82, 2.24) is 0 Å². The van der Waals surface area contributed by atoms with Gasteiger partial charge in [0.25, 0.3) is 0 Å². The number of nitrogens with two attached hydrogens (primary N) is 2. The van der Waals surface area contributed by atoms with Gasteiger partial charge in [-0.1, -0.05) is 59.7 Å². The topological polar surface area (TPSA) is 52.0 Å². The summed E-state index contributed by atoms with van der Waals surface area (Å²) >= 11 is 0. The van der Waals surface area contributed by atoms with Gasteiger partial charge in [-0.15, -0.1) is 0 Å². The van der Waals surface area contributed by atoms with Crippen LogP contribution in [0.3, 0.4) is 0 Å². The first kappa shape index (κ1) is 15.0. The highest BCUT2D eigenvalue weighted by atomic mass is 14.6. The van der Waals surface area contributed by atoms with E-state index < -0.39 is 0 Å². The smallest absolute Gasteiger partial charge is 0.0474 e. The normalized spacial score (nSPS) is 11.8. The van der Waals surface area contributed by atoms with Crippen LogP contribution < -0.4 is 11.5 Å². The minimum atomic E-state index is 0.809. The van der Waals surface area contributed by atoms with Crippen LogP contribution in [0.5, 0.6) is 0 Å². The Kier molecular flexibility index (Phi) is 2.96. The van der Waals surface area contributed by atoms with Crippen LogP contribution in [0.4, 0.5) is 11.4 Å². The fourth-order valence-corrected chi connectivity index (χ4v) is 4.29. The summed E-state index contributed by atoms with van der Waals surface area (Å²) in [6.07, 6.45) is 0. The van der Waals surface area contributed by atoms with E-state index in [4.69, 9.17) is 11.5 Å². The lowest BCUT2D eigenvalue weighted by Gasteiger charge is -2.17. The van der Waals surface area contributed by atoms with E-state index in [2.05, 4.69) is 68.4 Å². The van der Waals surface area contributed by atoms with Gasteiger partial charge in [0.2, 0.25) is 0 Å². The Hall–Kier alpha value is -3.26. The number of anilines is 2. The second-order valence-corrected chi connectivity index (χ2v) is 7.29. The molecular formula is C24H20N2. The second kappa shape index (κ2) is 5.12. The van der Waals surface area contributed by atoms with Gasteiger partial charge in [-0.05, 0) is 53.1 Å². The standard InChI is InChI=1S/C24H20N2/c1-13-9-14(2)11-17(10-13)20-12-16-4-6-18-21(25)8-5-15-3-7-19(24(20)26)23(16)22(15)18/h3-12H,25-26H2,1-2H3. The summed E-state index contributed by atoms with van der Waals surface area (Å²) in [5.74, 6) is 0. The molecule has 126 valence electrons. The predicted molar refractivity (Wildman–Crippen MR) is 114 cm³/mol. The summed E-state index contributed by atoms with van der Waals surface area (Å²) < 4.78 is 0. The van der Waals surface area contributed by atoms with Crippen LogP contribution in [0.15, 0.2) is 60.7 Å². The molecule has 0 saturated carbocycles. The molecule has 0 aliphatic rings. The van der Waals surface area contributed by atoms with Crippen LogP contribution >= 0.6 is 0 Å². The lowest BCUT2D eigenvalue weighted by atomic mass is 9.89. The highest BCUT2D eigenvalue weighted by molar-refractivity contribution is 6.28. The van der Waals surface area contributed by atoms with E-state index in [1.807, 2.05) is 6.07 Å². The molecule has 2 heteroatoms. The summed E-state index contributed by atoms with van der Waals surface area (Å²) in [6.45, 7) is 4.25. The largest absolute Gasteiger partial charge is 0.398 e. The number of hydrogen-bond donors (Lipinski definition) is 2. The first-order valence-corrected chi connectivity index (χ1v) is 8.87. The molecule has 0 amide bonds. The summed E-state index contributed by atoms with van der Waals surface area (Å²) in [6, 6.07) is 21.4. The number of benzene rings is 5. The molecule has 0 aliphatic carbocycles. The third kappa shape index (κ3) is 1.99. The first-order valence-electron chi connectivity index (χ1n) is 8.87. The molecule has 0 spiro atoms. The van der Waals surface area contributed by atoms with Crippen LogP contribution in [0, 0.1) is 13.8 Å². The van der Waals surface area contributed by atoms with Crippen molar-refractivity contribution in [1.29, 1.82) is 0 Å². The average molecular weight is 336 g/mol. The van der Waals surface area contributed by atoms with E-state index in [1.54, 1.807) is 0 Å². The molecule has 0 atom stereocenters. The maximum absolute atomic E-state index is 6.67. The molecule has 0 aromatic heterocycles. The highest BCUT2D eigenvalue weighted by Crippen LogP contribution is 2.42. The molecule has 5 aromatic carbocycles. The molecule has 0 fully saturated rings. The lowest BCUT2D eigenvalue weighted by molar-refractivity contribution is 1.39. The Morgan fingerprint density at radius 3 is 2.00 bits per heavy atom. The number of rotatable bonds is 1. The summed E-state index contributed by atoms with van der Waals surface area (Å²) in [5.41, 5.74) is 19.3. The predicted octanol–water partition coefficient (Wildman–Crippen LogP) is 6.03. The molecule has 2 nitrogen and oxygen atoms in total. The molecule has 5 aromatic rings. The SMILES string of the molecule is Cc1cc(C)cc(-c2cc3ccc4c(N)ccc5ccc(c2N)c3c54)c1. The summed E-state index contributed by atoms with van der Waals surface area (Å²) in [7, 11) is 0. The van der Waals surface area contributed by atoms with E-state index in [0.29, 0.717) is 0 Å². The van der Waals surface area contributed by atoms with Gasteiger partial charge in [0.15, 0.2) is 0 Å². The zero-order chi connectivity index (χ0) is 18.0. The van der Waals surface area contributed by atoms with Crippen molar-refractivity contribution in [3.8, 4) is 11.1 Å². The van der Waals surface area contributed by atoms with E-state index >= 15 is 0 Å². The van der Waals surface area contributed by atoms with Crippen LogP contribution in [0.2, 0.25) is 0 Å². The van der Waals surface area contributed by atoms with Gasteiger partial charge in [-0.25, -0.2) is 0 Å². The zero-order valence-corrected chi connectivity index (χ0v) is 14.9. The molecule has 0 bridgehead atoms. The third-order valence-electron chi connectivity index (χ3n) is 5.39. The van der Waals surface area contributed by atoms with E-state index in [-0.39, 0.29) is 0 Å². The van der Waals surface area contributed by atoms with Gasteiger partial charge in [0.1, 0.15) is 0 Å². The Morgan fingerprint density at radius 1 is 0.615 bits per heavy atom. The van der Waals surface area contributed by atoms with E-state index in [1.165, 1.54) is 38.2 Å². The van der Waals surface area contributed by atoms with E-state index in [0.717, 1.165) is 27.7 Å². The maximum Gasteiger partial charge on any atom is 0.0474 e. The van der Waals surface area contributed by atoms with Crippen molar-refractivity contribution >= 4 is 43.7 Å². The minimum Gasteiger partial charge on any atom is -0.398 e. The number of nitrogen functional groups attached to an aromatic ring is 2. The molecule has 0 radical (unpaired) electrons. The zero-order valence-electron chi connectivity index (χ0n) is 14.9. The quantitative estimate of drug-likeness (QED) is 0.290. The molecule has 0 unspecified atom stereocenters. The van der Waals surface area contributed by atoms with Crippen molar-refractivity contribution < 1.29 is 0 Å². The lowest BCUT2D eigenvalue weighted by Crippen LogP contribution is -1.96. The van der Waals surface area contributed by atoms with Gasteiger partial charge < -0.3 is 11.5 Å². The number of aryl methyl sites for hydroxylation is 2. The first-order chi connectivity index (χ1) is 12.5. The van der Waals surface area contributed by atoms with Gasteiger partial charge in [-0.2, -0.15) is 0 Å². The van der Waals surface area contributed by atoms with Crippen LogP contribution in [-0.4, -0.2) is 0 Å². The molecule has 0 heterocycles. The van der Waals surface area contributed by atoms with E-state index in [9.17, 15) is 0 Å². The highest BCUT2D eigenvalue weighted by Gasteiger charge is 2.15. The van der Waals surface area contributed by atoms with Gasteiger partial charge in [-0.3, -0.25) is 0 Å². The second-order valence-electron chi connectivity index (χ2n) is 7.29. The summed E-state index contributed by atoms with van der Waals surface area (Å²) in [4.78, 5) is 0. The van der Waals surface area contributed by atoms with Crippen LogP contribution in [-0.2, 0) is 0 Å². The van der Waals surface area contributed by atoms with Crippen molar-refractivity contribution in [3.63, 3.8) is 0 Å².